The van der Waals surface area contributed by atoms with Gasteiger partial charge in [0.2, 0.25) is 0 Å². The average Bonchev–Trinajstić information content (AvgIpc) is 3.13. The van der Waals surface area contributed by atoms with Crippen LogP contribution in [0.5, 0.6) is 0 Å². The summed E-state index contributed by atoms with van der Waals surface area (Å²) in [7, 11) is 0. The maximum absolute atomic E-state index is 12.7. The van der Waals surface area contributed by atoms with Crippen LogP contribution in [0, 0.1) is 0 Å². The molecule has 1 N–H and O–H groups in total. The molecule has 6 heteroatoms. The van der Waals surface area contributed by atoms with E-state index in [1.165, 1.54) is 0 Å². The second-order valence-electron chi connectivity index (χ2n) is 6.06. The van der Waals surface area contributed by atoms with E-state index in [4.69, 9.17) is 0 Å². The molecule has 0 aliphatic heterocycles. The number of nitrogens with one attached hydrogen (secondary N) is 1. The largest absolute Gasteiger partial charge is 0.344 e. The zero-order valence-electron chi connectivity index (χ0n) is 14.8. The Bertz CT molecular complexity index is 947. The lowest BCUT2D eigenvalue weighted by atomic mass is 10.2. The van der Waals surface area contributed by atoms with Gasteiger partial charge in [-0.1, -0.05) is 37.3 Å². The van der Waals surface area contributed by atoms with Gasteiger partial charge >= 0.3 is 0 Å². The summed E-state index contributed by atoms with van der Waals surface area (Å²) in [6, 6.07) is 12.7. The van der Waals surface area contributed by atoms with E-state index in [9.17, 15) is 9.59 Å². The first-order chi connectivity index (χ1) is 12.6. The van der Waals surface area contributed by atoms with Gasteiger partial charge in [0, 0.05) is 11.6 Å². The third kappa shape index (κ3) is 4.08. The molecule has 26 heavy (non-hydrogen) atoms. The number of carbonyl (C=O) groups excluding carboxylic acids is 1. The van der Waals surface area contributed by atoms with Gasteiger partial charge in [0.1, 0.15) is 5.56 Å². The van der Waals surface area contributed by atoms with E-state index in [2.05, 4.69) is 10.3 Å². The second kappa shape index (κ2) is 8.10. The summed E-state index contributed by atoms with van der Waals surface area (Å²) in [5, 5.41) is 5.85. The number of hydrogen-bond donors (Lipinski definition) is 1. The number of carbonyl (C=O) groups is 1. The first-order valence-electron chi connectivity index (χ1n) is 8.57. The zero-order chi connectivity index (χ0) is 18.5. The monoisotopic (exact) mass is 367 g/mol. The highest BCUT2D eigenvalue weighted by Gasteiger charge is 2.17. The molecule has 0 aliphatic carbocycles. The van der Waals surface area contributed by atoms with E-state index in [0.717, 1.165) is 22.7 Å². The maximum Gasteiger partial charge on any atom is 0.263 e. The van der Waals surface area contributed by atoms with Crippen LogP contribution in [-0.4, -0.2) is 15.5 Å². The van der Waals surface area contributed by atoms with Crippen molar-refractivity contribution in [1.82, 2.24) is 14.9 Å². The lowest BCUT2D eigenvalue weighted by Gasteiger charge is -2.13. The summed E-state index contributed by atoms with van der Waals surface area (Å²) < 4.78 is 1.55. The Balaban J connectivity index is 1.77. The normalized spacial score (nSPS) is 11.9. The first kappa shape index (κ1) is 18.1. The highest BCUT2D eigenvalue weighted by atomic mass is 32.1. The average molecular weight is 367 g/mol. The minimum atomic E-state index is -0.379. The topological polar surface area (TPSA) is 64.0 Å². The number of pyridine rings is 1. The molecule has 0 spiro atoms. The van der Waals surface area contributed by atoms with Crippen molar-refractivity contribution < 1.29 is 4.79 Å². The number of aromatic nitrogens is 2. The fourth-order valence-electron chi connectivity index (χ4n) is 2.65. The molecule has 0 radical (unpaired) electrons. The van der Waals surface area contributed by atoms with E-state index in [1.54, 1.807) is 34.2 Å². The minimum Gasteiger partial charge on any atom is -0.344 e. The number of aryl methyl sites for hydroxylation is 1. The molecule has 0 saturated heterocycles. The number of rotatable bonds is 6. The van der Waals surface area contributed by atoms with Gasteiger partial charge in [-0.3, -0.25) is 9.59 Å². The van der Waals surface area contributed by atoms with Crippen LogP contribution in [0.1, 0.15) is 46.5 Å². The van der Waals surface area contributed by atoms with Crippen LogP contribution in [0.4, 0.5) is 0 Å². The minimum absolute atomic E-state index is 0.140. The molecule has 3 rings (SSSR count). The van der Waals surface area contributed by atoms with Crippen molar-refractivity contribution in [3.05, 3.63) is 86.2 Å². The predicted molar refractivity (Wildman–Crippen MR) is 104 cm³/mol. The van der Waals surface area contributed by atoms with Crippen LogP contribution in [-0.2, 0) is 13.0 Å². The maximum atomic E-state index is 12.7. The van der Waals surface area contributed by atoms with Crippen molar-refractivity contribution in [1.29, 1.82) is 0 Å². The zero-order valence-corrected chi connectivity index (χ0v) is 15.6. The lowest BCUT2D eigenvalue weighted by Crippen LogP contribution is -2.34. The van der Waals surface area contributed by atoms with Crippen molar-refractivity contribution in [2.45, 2.75) is 32.9 Å². The third-order valence-electron chi connectivity index (χ3n) is 4.12. The van der Waals surface area contributed by atoms with Crippen molar-refractivity contribution in [3.63, 3.8) is 0 Å². The summed E-state index contributed by atoms with van der Waals surface area (Å²) in [6.45, 7) is 4.35. The molecule has 0 fully saturated rings. The van der Waals surface area contributed by atoms with E-state index in [-0.39, 0.29) is 23.1 Å². The van der Waals surface area contributed by atoms with Crippen molar-refractivity contribution in [2.24, 2.45) is 0 Å². The Morgan fingerprint density at radius 2 is 2.00 bits per heavy atom. The Labute approximate surface area is 156 Å². The molecule has 0 aliphatic rings. The molecule has 2 heterocycles. The van der Waals surface area contributed by atoms with Gasteiger partial charge in [-0.05, 0) is 31.0 Å². The molecular weight excluding hydrogens is 346 g/mol. The van der Waals surface area contributed by atoms with Gasteiger partial charge in [-0.15, -0.1) is 11.3 Å². The van der Waals surface area contributed by atoms with Gasteiger partial charge in [-0.2, -0.15) is 0 Å². The van der Waals surface area contributed by atoms with Gasteiger partial charge < -0.3 is 9.88 Å². The summed E-state index contributed by atoms with van der Waals surface area (Å²) in [5.41, 5.74) is 1.67. The molecule has 0 saturated carbocycles. The fourth-order valence-corrected chi connectivity index (χ4v) is 3.49. The molecule has 0 bridgehead atoms. The van der Waals surface area contributed by atoms with Crippen molar-refractivity contribution >= 4 is 17.2 Å². The summed E-state index contributed by atoms with van der Waals surface area (Å²) in [6.07, 6.45) is 2.57. The number of hydrogen-bond acceptors (Lipinski definition) is 4. The summed E-state index contributed by atoms with van der Waals surface area (Å²) in [5.74, 6) is -0.379. The third-order valence-corrected chi connectivity index (χ3v) is 5.14. The van der Waals surface area contributed by atoms with E-state index >= 15 is 0 Å². The SMILES string of the molecule is CCc1nc(C(C)NC(=O)c2cccn(Cc3ccccc3)c2=O)cs1. The second-order valence-corrected chi connectivity index (χ2v) is 7.00. The number of thiazole rings is 1. The van der Waals surface area contributed by atoms with E-state index in [0.29, 0.717) is 6.54 Å². The van der Waals surface area contributed by atoms with Crippen LogP contribution >= 0.6 is 11.3 Å². The summed E-state index contributed by atoms with van der Waals surface area (Å²) in [4.78, 5) is 29.7. The van der Waals surface area contributed by atoms with Crippen LogP contribution < -0.4 is 10.9 Å². The first-order valence-corrected chi connectivity index (χ1v) is 9.45. The van der Waals surface area contributed by atoms with E-state index in [1.807, 2.05) is 49.6 Å². The van der Waals surface area contributed by atoms with Crippen LogP contribution in [0.25, 0.3) is 0 Å². The van der Waals surface area contributed by atoms with Crippen LogP contribution in [0.15, 0.2) is 58.8 Å². The number of nitrogens with zero attached hydrogens (tertiary/aromatic N) is 2. The van der Waals surface area contributed by atoms with Crippen molar-refractivity contribution in [3.8, 4) is 0 Å². The van der Waals surface area contributed by atoms with Gasteiger partial charge in [0.25, 0.3) is 11.5 Å². The number of benzene rings is 1. The van der Waals surface area contributed by atoms with Gasteiger partial charge in [-0.25, -0.2) is 4.98 Å². The molecular formula is C20H21N3O2S. The molecule has 2 aromatic heterocycles. The van der Waals surface area contributed by atoms with Gasteiger partial charge in [0.15, 0.2) is 0 Å². The lowest BCUT2D eigenvalue weighted by molar-refractivity contribution is 0.0937. The molecule has 1 unspecified atom stereocenters. The predicted octanol–water partition coefficient (Wildman–Crippen LogP) is 3.41. The number of amides is 1. The molecule has 134 valence electrons. The van der Waals surface area contributed by atoms with Crippen LogP contribution in [0.2, 0.25) is 0 Å². The highest BCUT2D eigenvalue weighted by Crippen LogP contribution is 2.17. The smallest absolute Gasteiger partial charge is 0.263 e. The summed E-state index contributed by atoms with van der Waals surface area (Å²) >= 11 is 1.58. The highest BCUT2D eigenvalue weighted by molar-refractivity contribution is 7.09. The Kier molecular flexibility index (Phi) is 5.63. The molecule has 5 nitrogen and oxygen atoms in total. The quantitative estimate of drug-likeness (QED) is 0.726. The Morgan fingerprint density at radius 1 is 1.23 bits per heavy atom. The Morgan fingerprint density at radius 3 is 2.69 bits per heavy atom. The van der Waals surface area contributed by atoms with Crippen LogP contribution in [0.3, 0.4) is 0 Å². The molecule has 1 amide bonds. The fraction of sp³-hybridized carbons (Fsp3) is 0.250. The Hall–Kier alpha value is -2.73. The molecule has 1 aromatic carbocycles. The van der Waals surface area contributed by atoms with Gasteiger partial charge in [0.05, 0.1) is 23.3 Å². The van der Waals surface area contributed by atoms with E-state index < -0.39 is 0 Å². The molecule has 1 atom stereocenters. The standard InChI is InChI=1S/C20H21N3O2S/c1-3-18-22-17(13-26-18)14(2)21-19(24)16-10-7-11-23(20(16)25)12-15-8-5-4-6-9-15/h4-11,13-14H,3,12H2,1-2H3,(H,21,24). The van der Waals surface area contributed by atoms with Crippen molar-refractivity contribution in [2.75, 3.05) is 0 Å². The molecule has 3 aromatic rings.